The van der Waals surface area contributed by atoms with Crippen LogP contribution in [-0.4, -0.2) is 53.6 Å². The summed E-state index contributed by atoms with van der Waals surface area (Å²) in [6.45, 7) is 5.82. The lowest BCUT2D eigenvalue weighted by Gasteiger charge is -2.35. The Morgan fingerprint density at radius 3 is 2.63 bits per heavy atom. The molecule has 1 aromatic heterocycles. The zero-order valence-electron chi connectivity index (χ0n) is 17.0. The number of nitrogens with zero attached hydrogens (tertiary/aromatic N) is 3. The SMILES string of the molecule is Cc1cccc(Cc2cnc(NC(=O)CN3CCN(c4ccc(O)cc4)CC3)s2)c1. The number of hydrogen-bond donors (Lipinski definition) is 2. The van der Waals surface area contributed by atoms with Gasteiger partial charge < -0.3 is 15.3 Å². The van der Waals surface area contributed by atoms with Crippen LogP contribution in [0.15, 0.2) is 54.7 Å². The van der Waals surface area contributed by atoms with Gasteiger partial charge >= 0.3 is 0 Å². The number of rotatable bonds is 6. The molecular weight excluding hydrogens is 396 g/mol. The quantitative estimate of drug-likeness (QED) is 0.636. The summed E-state index contributed by atoms with van der Waals surface area (Å²) >= 11 is 1.53. The number of benzene rings is 2. The molecule has 0 aliphatic carbocycles. The van der Waals surface area contributed by atoms with E-state index < -0.39 is 0 Å². The van der Waals surface area contributed by atoms with Crippen molar-refractivity contribution in [3.05, 3.63) is 70.7 Å². The van der Waals surface area contributed by atoms with Crippen LogP contribution in [0.4, 0.5) is 10.8 Å². The maximum atomic E-state index is 12.5. The molecule has 0 atom stereocenters. The molecule has 0 bridgehead atoms. The van der Waals surface area contributed by atoms with Gasteiger partial charge in [-0.3, -0.25) is 9.69 Å². The number of carbonyl (C=O) groups is 1. The van der Waals surface area contributed by atoms with Crippen LogP contribution in [0.25, 0.3) is 0 Å². The number of carbonyl (C=O) groups excluding carboxylic acids is 1. The summed E-state index contributed by atoms with van der Waals surface area (Å²) < 4.78 is 0. The number of aryl methyl sites for hydroxylation is 1. The number of aromatic nitrogens is 1. The fourth-order valence-electron chi connectivity index (χ4n) is 3.66. The van der Waals surface area contributed by atoms with E-state index in [1.54, 1.807) is 12.1 Å². The van der Waals surface area contributed by atoms with Crippen molar-refractivity contribution in [2.24, 2.45) is 0 Å². The number of thiazole rings is 1. The molecule has 1 amide bonds. The molecule has 0 saturated carbocycles. The molecule has 0 unspecified atom stereocenters. The van der Waals surface area contributed by atoms with Gasteiger partial charge in [-0.05, 0) is 36.8 Å². The highest BCUT2D eigenvalue weighted by atomic mass is 32.1. The van der Waals surface area contributed by atoms with Gasteiger partial charge in [0.05, 0.1) is 6.54 Å². The predicted molar refractivity (Wildman–Crippen MR) is 121 cm³/mol. The van der Waals surface area contributed by atoms with Crippen molar-refractivity contribution < 1.29 is 9.90 Å². The molecule has 156 valence electrons. The van der Waals surface area contributed by atoms with Gasteiger partial charge in [-0.25, -0.2) is 4.98 Å². The average Bonchev–Trinajstić information content (AvgIpc) is 3.16. The molecule has 1 aliphatic rings. The molecular formula is C23H26N4O2S. The highest BCUT2D eigenvalue weighted by molar-refractivity contribution is 7.15. The molecule has 0 spiro atoms. The molecule has 1 aliphatic heterocycles. The van der Waals surface area contributed by atoms with Gasteiger partial charge in [-0.15, -0.1) is 11.3 Å². The van der Waals surface area contributed by atoms with Crippen LogP contribution in [0.2, 0.25) is 0 Å². The maximum absolute atomic E-state index is 12.5. The number of phenols is 1. The van der Waals surface area contributed by atoms with E-state index in [0.717, 1.165) is 43.2 Å². The summed E-state index contributed by atoms with van der Waals surface area (Å²) in [5.41, 5.74) is 3.60. The fourth-order valence-corrected chi connectivity index (χ4v) is 4.52. The Balaban J connectivity index is 1.24. The van der Waals surface area contributed by atoms with Crippen molar-refractivity contribution in [3.63, 3.8) is 0 Å². The molecule has 1 saturated heterocycles. The summed E-state index contributed by atoms with van der Waals surface area (Å²) in [6.07, 6.45) is 2.67. The Labute approximate surface area is 180 Å². The number of hydrogen-bond acceptors (Lipinski definition) is 6. The van der Waals surface area contributed by atoms with Crippen LogP contribution in [0, 0.1) is 6.92 Å². The lowest BCUT2D eigenvalue weighted by atomic mass is 10.1. The van der Waals surface area contributed by atoms with Gasteiger partial charge in [-0.2, -0.15) is 0 Å². The first-order valence-corrected chi connectivity index (χ1v) is 10.9. The van der Waals surface area contributed by atoms with Crippen molar-refractivity contribution in [3.8, 4) is 5.75 Å². The van der Waals surface area contributed by atoms with Crippen molar-refractivity contribution in [1.82, 2.24) is 9.88 Å². The Kier molecular flexibility index (Phi) is 6.30. The zero-order valence-corrected chi connectivity index (χ0v) is 17.9. The first-order chi connectivity index (χ1) is 14.5. The molecule has 2 aromatic carbocycles. The maximum Gasteiger partial charge on any atom is 0.240 e. The second kappa shape index (κ2) is 9.28. The molecule has 7 heteroatoms. The largest absolute Gasteiger partial charge is 0.508 e. The molecule has 0 radical (unpaired) electrons. The normalized spacial score (nSPS) is 14.6. The average molecular weight is 423 g/mol. The van der Waals surface area contributed by atoms with Crippen molar-refractivity contribution in [2.75, 3.05) is 42.9 Å². The Hall–Kier alpha value is -2.90. The number of anilines is 2. The van der Waals surface area contributed by atoms with Crippen LogP contribution in [0.5, 0.6) is 5.75 Å². The lowest BCUT2D eigenvalue weighted by Crippen LogP contribution is -2.48. The van der Waals surface area contributed by atoms with Crippen molar-refractivity contribution >= 4 is 28.1 Å². The molecule has 6 nitrogen and oxygen atoms in total. The Morgan fingerprint density at radius 2 is 1.90 bits per heavy atom. The monoisotopic (exact) mass is 422 g/mol. The van der Waals surface area contributed by atoms with E-state index in [9.17, 15) is 9.90 Å². The third-order valence-corrected chi connectivity index (χ3v) is 6.13. The van der Waals surface area contributed by atoms with E-state index in [0.29, 0.717) is 11.7 Å². The van der Waals surface area contributed by atoms with Crippen molar-refractivity contribution in [2.45, 2.75) is 13.3 Å². The second-order valence-corrected chi connectivity index (χ2v) is 8.74. The second-order valence-electron chi connectivity index (χ2n) is 7.63. The van der Waals surface area contributed by atoms with Crippen LogP contribution in [0.3, 0.4) is 0 Å². The lowest BCUT2D eigenvalue weighted by molar-refractivity contribution is -0.117. The highest BCUT2D eigenvalue weighted by Gasteiger charge is 2.19. The predicted octanol–water partition coefficient (Wildman–Crippen LogP) is 3.51. The minimum atomic E-state index is -0.0236. The molecule has 3 aromatic rings. The van der Waals surface area contributed by atoms with Crippen LogP contribution in [0.1, 0.15) is 16.0 Å². The number of phenolic OH excluding ortho intramolecular Hbond substituents is 1. The standard InChI is InChI=1S/C23H26N4O2S/c1-17-3-2-4-18(13-17)14-21-15-24-23(30-21)25-22(29)16-26-9-11-27(12-10-26)19-5-7-20(28)8-6-19/h2-8,13,15,28H,9-12,14,16H2,1H3,(H,24,25,29). The first-order valence-electron chi connectivity index (χ1n) is 10.1. The van der Waals surface area contributed by atoms with Crippen LogP contribution < -0.4 is 10.2 Å². The highest BCUT2D eigenvalue weighted by Crippen LogP contribution is 2.22. The number of piperazine rings is 1. The third kappa shape index (κ3) is 5.37. The van der Waals surface area contributed by atoms with Gasteiger partial charge in [0.15, 0.2) is 5.13 Å². The molecule has 30 heavy (non-hydrogen) atoms. The van der Waals surface area contributed by atoms with E-state index in [2.05, 4.69) is 51.3 Å². The fraction of sp³-hybridized carbons (Fsp3) is 0.304. The van der Waals surface area contributed by atoms with Gasteiger partial charge in [-0.1, -0.05) is 29.8 Å². The number of nitrogens with one attached hydrogen (secondary N) is 1. The van der Waals surface area contributed by atoms with E-state index in [4.69, 9.17) is 0 Å². The Bertz CT molecular complexity index is 994. The van der Waals surface area contributed by atoms with Gasteiger partial charge in [0.2, 0.25) is 5.91 Å². The third-order valence-electron chi connectivity index (χ3n) is 5.22. The molecule has 4 rings (SSSR count). The van der Waals surface area contributed by atoms with Gasteiger partial charge in [0, 0.05) is 49.4 Å². The zero-order chi connectivity index (χ0) is 20.9. The Morgan fingerprint density at radius 1 is 1.13 bits per heavy atom. The first kappa shape index (κ1) is 20.4. The summed E-state index contributed by atoms with van der Waals surface area (Å²) in [5.74, 6) is 0.253. The number of aromatic hydroxyl groups is 1. The summed E-state index contributed by atoms with van der Waals surface area (Å²) in [7, 11) is 0. The van der Waals surface area contributed by atoms with E-state index in [1.165, 1.54) is 22.5 Å². The summed E-state index contributed by atoms with van der Waals surface area (Å²) in [5, 5.41) is 13.0. The van der Waals surface area contributed by atoms with Crippen LogP contribution in [-0.2, 0) is 11.2 Å². The van der Waals surface area contributed by atoms with E-state index in [1.807, 2.05) is 18.3 Å². The smallest absolute Gasteiger partial charge is 0.240 e. The topological polar surface area (TPSA) is 68.7 Å². The van der Waals surface area contributed by atoms with Gasteiger partial charge in [0.25, 0.3) is 0 Å². The molecule has 1 fully saturated rings. The van der Waals surface area contributed by atoms with E-state index >= 15 is 0 Å². The number of amides is 1. The van der Waals surface area contributed by atoms with E-state index in [-0.39, 0.29) is 11.7 Å². The van der Waals surface area contributed by atoms with Crippen molar-refractivity contribution in [1.29, 1.82) is 0 Å². The summed E-state index contributed by atoms with van der Waals surface area (Å²) in [4.78, 5) is 22.4. The summed E-state index contributed by atoms with van der Waals surface area (Å²) in [6, 6.07) is 15.7. The molecule has 2 heterocycles. The minimum Gasteiger partial charge on any atom is -0.508 e. The minimum absolute atomic E-state index is 0.0236. The molecule has 2 N–H and O–H groups in total. The van der Waals surface area contributed by atoms with Gasteiger partial charge in [0.1, 0.15) is 5.75 Å². The van der Waals surface area contributed by atoms with Crippen LogP contribution >= 0.6 is 11.3 Å².